The van der Waals surface area contributed by atoms with E-state index in [0.29, 0.717) is 12.2 Å². The predicted molar refractivity (Wildman–Crippen MR) is 76.1 cm³/mol. The van der Waals surface area contributed by atoms with Crippen molar-refractivity contribution in [1.82, 2.24) is 9.78 Å². The summed E-state index contributed by atoms with van der Waals surface area (Å²) in [6.45, 7) is 2.59. The number of nitro benzene ring substituents is 1. The third kappa shape index (κ3) is 3.54. The Bertz CT molecular complexity index is 571. The van der Waals surface area contributed by atoms with Crippen molar-refractivity contribution < 1.29 is 4.92 Å². The molecule has 2 rings (SSSR count). The number of nitrogens with one attached hydrogen (secondary N) is 1. The lowest BCUT2D eigenvalue weighted by molar-refractivity contribution is -0.384. The summed E-state index contributed by atoms with van der Waals surface area (Å²) in [6, 6.07) is 6.70. The molecule has 7 heteroatoms. The third-order valence-corrected chi connectivity index (χ3v) is 3.07. The van der Waals surface area contributed by atoms with Gasteiger partial charge >= 0.3 is 0 Å². The van der Waals surface area contributed by atoms with E-state index in [9.17, 15) is 10.1 Å². The largest absolute Gasteiger partial charge is 0.375 e. The lowest BCUT2D eigenvalue weighted by atomic mass is 10.2. The minimum atomic E-state index is -0.393. The smallest absolute Gasteiger partial charge is 0.292 e. The molecule has 0 aliphatic carbocycles. The molecular formula is C12H13BrN4O2. The van der Waals surface area contributed by atoms with Gasteiger partial charge in [0.25, 0.3) is 5.69 Å². The second-order valence-electron chi connectivity index (χ2n) is 4.19. The summed E-state index contributed by atoms with van der Waals surface area (Å²) in [6.07, 6.45) is 3.56. The molecule has 1 unspecified atom stereocenters. The molecule has 0 spiro atoms. The van der Waals surface area contributed by atoms with Crippen molar-refractivity contribution in [2.24, 2.45) is 0 Å². The molecule has 0 saturated heterocycles. The lowest BCUT2D eigenvalue weighted by Crippen LogP contribution is -2.22. The van der Waals surface area contributed by atoms with E-state index in [-0.39, 0.29) is 11.7 Å². The minimum Gasteiger partial charge on any atom is -0.375 e. The van der Waals surface area contributed by atoms with E-state index >= 15 is 0 Å². The van der Waals surface area contributed by atoms with Crippen LogP contribution in [0.15, 0.2) is 41.1 Å². The van der Waals surface area contributed by atoms with Crippen LogP contribution in [0.4, 0.5) is 11.4 Å². The van der Waals surface area contributed by atoms with Crippen LogP contribution in [0, 0.1) is 10.1 Å². The Morgan fingerprint density at radius 1 is 1.58 bits per heavy atom. The quantitative estimate of drug-likeness (QED) is 0.677. The fourth-order valence-electron chi connectivity index (χ4n) is 1.78. The topological polar surface area (TPSA) is 73.0 Å². The number of rotatable bonds is 5. The first-order chi connectivity index (χ1) is 9.06. The minimum absolute atomic E-state index is 0.0212. The lowest BCUT2D eigenvalue weighted by Gasteiger charge is -2.15. The summed E-state index contributed by atoms with van der Waals surface area (Å²) in [4.78, 5) is 10.6. The highest BCUT2D eigenvalue weighted by atomic mass is 79.9. The molecule has 2 aromatic rings. The maximum absolute atomic E-state index is 11.0. The van der Waals surface area contributed by atoms with Gasteiger partial charge in [0.2, 0.25) is 0 Å². The highest BCUT2D eigenvalue weighted by Gasteiger charge is 2.15. The van der Waals surface area contributed by atoms with E-state index in [2.05, 4.69) is 26.3 Å². The molecule has 100 valence electrons. The van der Waals surface area contributed by atoms with Crippen LogP contribution in [0.1, 0.15) is 6.92 Å². The number of halogens is 1. The summed E-state index contributed by atoms with van der Waals surface area (Å²) < 4.78 is 2.58. The Morgan fingerprint density at radius 3 is 3.00 bits per heavy atom. The van der Waals surface area contributed by atoms with Gasteiger partial charge in [-0.1, -0.05) is 15.9 Å². The molecule has 1 N–H and O–H groups in total. The first-order valence-corrected chi connectivity index (χ1v) is 6.53. The van der Waals surface area contributed by atoms with E-state index in [0.717, 1.165) is 4.47 Å². The van der Waals surface area contributed by atoms with Gasteiger partial charge < -0.3 is 5.32 Å². The van der Waals surface area contributed by atoms with E-state index in [1.165, 1.54) is 6.07 Å². The van der Waals surface area contributed by atoms with Gasteiger partial charge in [-0.2, -0.15) is 5.10 Å². The molecule has 0 fully saturated rings. The van der Waals surface area contributed by atoms with Crippen molar-refractivity contribution >= 4 is 27.3 Å². The van der Waals surface area contributed by atoms with E-state index in [4.69, 9.17) is 0 Å². The van der Waals surface area contributed by atoms with Gasteiger partial charge in [0, 0.05) is 29.0 Å². The molecule has 1 aromatic carbocycles. The monoisotopic (exact) mass is 324 g/mol. The maximum atomic E-state index is 11.0. The number of anilines is 1. The Balaban J connectivity index is 2.13. The number of hydrogen-bond donors (Lipinski definition) is 1. The predicted octanol–water partition coefficient (Wildman–Crippen LogP) is 3.05. The van der Waals surface area contributed by atoms with Gasteiger partial charge in [-0.3, -0.25) is 14.8 Å². The molecule has 0 radical (unpaired) electrons. The van der Waals surface area contributed by atoms with E-state index < -0.39 is 4.92 Å². The molecule has 0 saturated carbocycles. The molecular weight excluding hydrogens is 312 g/mol. The average molecular weight is 325 g/mol. The fraction of sp³-hybridized carbons (Fsp3) is 0.250. The zero-order chi connectivity index (χ0) is 13.8. The standard InChI is InChI=1S/C12H13BrN4O2/c1-9(8-16-6-2-5-14-16)15-11-7-10(13)3-4-12(11)17(18)19/h2-7,9,15H,8H2,1H3. The normalized spacial score (nSPS) is 12.1. The summed E-state index contributed by atoms with van der Waals surface area (Å²) in [5.74, 6) is 0. The molecule has 6 nitrogen and oxygen atoms in total. The van der Waals surface area contributed by atoms with Crippen LogP contribution < -0.4 is 5.32 Å². The average Bonchev–Trinajstić information content (AvgIpc) is 2.81. The number of aromatic nitrogens is 2. The van der Waals surface area contributed by atoms with Crippen LogP contribution >= 0.6 is 15.9 Å². The molecule has 0 bridgehead atoms. The number of hydrogen-bond acceptors (Lipinski definition) is 4. The van der Waals surface area contributed by atoms with Crippen molar-refractivity contribution in [3.05, 3.63) is 51.2 Å². The second kappa shape index (κ2) is 5.83. The molecule has 0 aliphatic rings. The molecule has 0 aliphatic heterocycles. The van der Waals surface area contributed by atoms with Gasteiger partial charge in [-0.25, -0.2) is 0 Å². The second-order valence-corrected chi connectivity index (χ2v) is 5.11. The molecule has 1 aromatic heterocycles. The molecule has 0 amide bonds. The highest BCUT2D eigenvalue weighted by Crippen LogP contribution is 2.28. The van der Waals surface area contributed by atoms with Gasteiger partial charge in [-0.05, 0) is 25.1 Å². The van der Waals surface area contributed by atoms with Crippen molar-refractivity contribution in [2.75, 3.05) is 5.32 Å². The van der Waals surface area contributed by atoms with Gasteiger partial charge in [-0.15, -0.1) is 0 Å². The van der Waals surface area contributed by atoms with Crippen LogP contribution in [0.2, 0.25) is 0 Å². The van der Waals surface area contributed by atoms with Crippen LogP contribution in [0.3, 0.4) is 0 Å². The Labute approximate surface area is 118 Å². The van der Waals surface area contributed by atoms with Gasteiger partial charge in [0.05, 0.1) is 11.5 Å². The van der Waals surface area contributed by atoms with Gasteiger partial charge in [0.15, 0.2) is 0 Å². The number of benzene rings is 1. The maximum Gasteiger partial charge on any atom is 0.292 e. The van der Waals surface area contributed by atoms with Crippen LogP contribution in [-0.2, 0) is 6.54 Å². The first kappa shape index (κ1) is 13.5. The summed E-state index contributed by atoms with van der Waals surface area (Å²) >= 11 is 3.32. The van der Waals surface area contributed by atoms with Crippen LogP contribution in [0.5, 0.6) is 0 Å². The Kier molecular flexibility index (Phi) is 4.16. The zero-order valence-corrected chi connectivity index (χ0v) is 11.9. The number of nitrogens with zero attached hydrogens (tertiary/aromatic N) is 3. The van der Waals surface area contributed by atoms with Crippen LogP contribution in [-0.4, -0.2) is 20.7 Å². The van der Waals surface area contributed by atoms with Crippen molar-refractivity contribution in [1.29, 1.82) is 0 Å². The highest BCUT2D eigenvalue weighted by molar-refractivity contribution is 9.10. The van der Waals surface area contributed by atoms with Crippen molar-refractivity contribution in [3.8, 4) is 0 Å². The molecule has 1 atom stereocenters. The third-order valence-electron chi connectivity index (χ3n) is 2.58. The zero-order valence-electron chi connectivity index (χ0n) is 10.3. The fourth-order valence-corrected chi connectivity index (χ4v) is 2.14. The molecule has 19 heavy (non-hydrogen) atoms. The SMILES string of the molecule is CC(Cn1cccn1)Nc1cc(Br)ccc1[N+](=O)[O-]. The van der Waals surface area contributed by atoms with Gasteiger partial charge in [0.1, 0.15) is 5.69 Å². The summed E-state index contributed by atoms with van der Waals surface area (Å²) in [7, 11) is 0. The van der Waals surface area contributed by atoms with Crippen molar-refractivity contribution in [2.45, 2.75) is 19.5 Å². The first-order valence-electron chi connectivity index (χ1n) is 5.74. The summed E-state index contributed by atoms with van der Waals surface area (Å²) in [5.41, 5.74) is 0.564. The Hall–Kier alpha value is -1.89. The van der Waals surface area contributed by atoms with Crippen LogP contribution in [0.25, 0.3) is 0 Å². The summed E-state index contributed by atoms with van der Waals surface area (Å²) in [5, 5.41) is 18.2. The molecule has 1 heterocycles. The van der Waals surface area contributed by atoms with Crippen molar-refractivity contribution in [3.63, 3.8) is 0 Å². The van der Waals surface area contributed by atoms with E-state index in [1.807, 2.05) is 19.2 Å². The number of nitro groups is 1. The Morgan fingerprint density at radius 2 is 2.37 bits per heavy atom. The van der Waals surface area contributed by atoms with E-state index in [1.54, 1.807) is 23.0 Å².